The van der Waals surface area contributed by atoms with Crippen molar-refractivity contribution in [3.63, 3.8) is 0 Å². The quantitative estimate of drug-likeness (QED) is 0.460. The van der Waals surface area contributed by atoms with Crippen molar-refractivity contribution in [1.82, 2.24) is 9.47 Å². The predicted octanol–water partition coefficient (Wildman–Crippen LogP) is 4.00. The third-order valence-corrected chi connectivity index (χ3v) is 5.38. The number of hydrogen-bond acceptors (Lipinski definition) is 3. The Morgan fingerprint density at radius 2 is 1.47 bits per heavy atom. The van der Waals surface area contributed by atoms with E-state index in [-0.39, 0.29) is 17.9 Å². The van der Waals surface area contributed by atoms with Crippen LogP contribution in [0.15, 0.2) is 77.6 Å². The van der Waals surface area contributed by atoms with Crippen molar-refractivity contribution >= 4 is 27.7 Å². The van der Waals surface area contributed by atoms with Crippen LogP contribution in [0.25, 0.3) is 21.8 Å². The average molecular weight is 400 g/mol. The fourth-order valence-corrected chi connectivity index (χ4v) is 3.64. The highest BCUT2D eigenvalue weighted by Gasteiger charge is 2.15. The first-order valence-electron chi connectivity index (χ1n) is 9.99. The Kier molecular flexibility index (Phi) is 5.53. The Balaban J connectivity index is 1.56. The van der Waals surface area contributed by atoms with Crippen LogP contribution in [-0.2, 0) is 11.3 Å². The van der Waals surface area contributed by atoms with E-state index in [0.717, 1.165) is 22.3 Å². The van der Waals surface area contributed by atoms with Crippen molar-refractivity contribution in [1.29, 1.82) is 0 Å². The molecule has 1 amide bonds. The summed E-state index contributed by atoms with van der Waals surface area (Å²) in [7, 11) is 1.77. The average Bonchev–Trinajstić information content (AvgIpc) is 2.77. The number of carbonyl (C=O) groups is 1. The van der Waals surface area contributed by atoms with Gasteiger partial charge in [-0.1, -0.05) is 42.5 Å². The van der Waals surface area contributed by atoms with Gasteiger partial charge in [0.15, 0.2) is 5.43 Å². The number of likely N-dealkylation sites (N-methyl/N-ethyl adjacent to an activating group) is 1. The van der Waals surface area contributed by atoms with Gasteiger partial charge in [0.2, 0.25) is 5.91 Å². The summed E-state index contributed by atoms with van der Waals surface area (Å²) in [6.07, 6.45) is 0. The molecule has 1 aromatic heterocycles. The van der Waals surface area contributed by atoms with Gasteiger partial charge in [0.05, 0.1) is 17.6 Å². The summed E-state index contributed by atoms with van der Waals surface area (Å²) in [4.78, 5) is 27.5. The van der Waals surface area contributed by atoms with Crippen molar-refractivity contribution in [2.45, 2.75) is 13.5 Å². The van der Waals surface area contributed by atoms with Crippen molar-refractivity contribution in [2.75, 3.05) is 20.2 Å². The molecule has 30 heavy (non-hydrogen) atoms. The summed E-state index contributed by atoms with van der Waals surface area (Å²) in [5.41, 5.74) is 2.58. The van der Waals surface area contributed by atoms with Gasteiger partial charge in [-0.05, 0) is 42.8 Å². The van der Waals surface area contributed by atoms with Gasteiger partial charge in [-0.15, -0.1) is 0 Å². The van der Waals surface area contributed by atoms with Crippen LogP contribution in [0.1, 0.15) is 5.56 Å². The van der Waals surface area contributed by atoms with Gasteiger partial charge in [-0.2, -0.15) is 0 Å². The summed E-state index contributed by atoms with van der Waals surface area (Å²) >= 11 is 0. The van der Waals surface area contributed by atoms with Gasteiger partial charge in [-0.3, -0.25) is 9.59 Å². The van der Waals surface area contributed by atoms with Crippen molar-refractivity contribution in [2.24, 2.45) is 0 Å². The number of rotatable bonds is 6. The van der Waals surface area contributed by atoms with E-state index in [1.54, 1.807) is 11.9 Å². The number of benzene rings is 3. The Labute approximate surface area is 175 Å². The lowest BCUT2D eigenvalue weighted by Gasteiger charge is -2.21. The third kappa shape index (κ3) is 3.79. The van der Waals surface area contributed by atoms with Crippen LogP contribution < -0.4 is 10.2 Å². The van der Waals surface area contributed by atoms with E-state index in [1.165, 1.54) is 0 Å². The second-order valence-electron chi connectivity index (χ2n) is 7.38. The molecule has 0 fully saturated rings. The lowest BCUT2D eigenvalue weighted by molar-refractivity contribution is -0.130. The first-order chi connectivity index (χ1) is 14.6. The molecular weight excluding hydrogens is 376 g/mol. The zero-order chi connectivity index (χ0) is 21.1. The van der Waals surface area contributed by atoms with Crippen LogP contribution in [0, 0.1) is 6.92 Å². The van der Waals surface area contributed by atoms with Crippen LogP contribution in [0.4, 0.5) is 0 Å². The molecule has 152 valence electrons. The Bertz CT molecular complexity index is 1220. The largest absolute Gasteiger partial charge is 0.491 e. The molecule has 3 aromatic carbocycles. The van der Waals surface area contributed by atoms with E-state index in [2.05, 4.69) is 0 Å². The molecule has 4 aromatic rings. The van der Waals surface area contributed by atoms with Gasteiger partial charge < -0.3 is 14.2 Å². The van der Waals surface area contributed by atoms with E-state index in [9.17, 15) is 9.59 Å². The number of amides is 1. The molecule has 4 rings (SSSR count). The van der Waals surface area contributed by atoms with Crippen LogP contribution in [-0.4, -0.2) is 35.6 Å². The summed E-state index contributed by atoms with van der Waals surface area (Å²) in [5, 5.41) is 1.24. The van der Waals surface area contributed by atoms with E-state index in [0.29, 0.717) is 23.9 Å². The summed E-state index contributed by atoms with van der Waals surface area (Å²) < 4.78 is 7.75. The first kappa shape index (κ1) is 19.7. The fourth-order valence-electron chi connectivity index (χ4n) is 3.64. The highest BCUT2D eigenvalue weighted by molar-refractivity contribution is 5.94. The molecule has 0 N–H and O–H groups in total. The molecular formula is C25H24N2O3. The third-order valence-electron chi connectivity index (χ3n) is 5.38. The monoisotopic (exact) mass is 400 g/mol. The number of nitrogens with zero attached hydrogens (tertiary/aromatic N) is 2. The molecule has 1 heterocycles. The summed E-state index contributed by atoms with van der Waals surface area (Å²) in [5.74, 6) is 0.790. The van der Waals surface area contributed by atoms with Gasteiger partial charge >= 0.3 is 0 Å². The molecule has 0 unspecified atom stereocenters. The lowest BCUT2D eigenvalue weighted by Crippen LogP contribution is -2.34. The number of aryl methyl sites for hydroxylation is 1. The van der Waals surface area contributed by atoms with Crippen LogP contribution >= 0.6 is 0 Å². The summed E-state index contributed by atoms with van der Waals surface area (Å²) in [6.45, 7) is 3.04. The molecule has 0 atom stereocenters. The SMILES string of the molecule is Cc1ccccc1OCCN(C)C(=O)Cn1c2ccccc2c(=O)c2ccccc21. The Morgan fingerprint density at radius 3 is 2.10 bits per heavy atom. The van der Waals surface area contributed by atoms with Gasteiger partial charge in [-0.25, -0.2) is 0 Å². The highest BCUT2D eigenvalue weighted by Crippen LogP contribution is 2.19. The first-order valence-corrected chi connectivity index (χ1v) is 9.99. The highest BCUT2D eigenvalue weighted by atomic mass is 16.5. The van der Waals surface area contributed by atoms with Crippen LogP contribution in [0.3, 0.4) is 0 Å². The smallest absolute Gasteiger partial charge is 0.242 e. The number of para-hydroxylation sites is 3. The number of ether oxygens (including phenoxy) is 1. The zero-order valence-electron chi connectivity index (χ0n) is 17.2. The number of fused-ring (bicyclic) bond motifs is 2. The molecule has 0 bridgehead atoms. The maximum Gasteiger partial charge on any atom is 0.242 e. The predicted molar refractivity (Wildman–Crippen MR) is 120 cm³/mol. The van der Waals surface area contributed by atoms with Crippen LogP contribution in [0.5, 0.6) is 5.75 Å². The van der Waals surface area contributed by atoms with Crippen molar-refractivity contribution in [3.05, 3.63) is 88.6 Å². The zero-order valence-corrected chi connectivity index (χ0v) is 17.2. The second kappa shape index (κ2) is 8.41. The van der Waals surface area contributed by atoms with Crippen molar-refractivity contribution < 1.29 is 9.53 Å². The van der Waals surface area contributed by atoms with E-state index in [1.807, 2.05) is 84.3 Å². The van der Waals surface area contributed by atoms with Crippen molar-refractivity contribution in [3.8, 4) is 5.75 Å². The van der Waals surface area contributed by atoms with E-state index < -0.39 is 0 Å². The Hall–Kier alpha value is -3.60. The minimum Gasteiger partial charge on any atom is -0.491 e. The number of pyridine rings is 1. The standard InChI is InChI=1S/C25H24N2O3/c1-18-9-3-8-14-23(18)30-16-15-26(2)24(28)17-27-21-12-6-4-10-19(21)25(29)20-11-5-7-13-22(20)27/h3-14H,15-17H2,1-2H3. The fraction of sp³-hybridized carbons (Fsp3) is 0.200. The number of aromatic nitrogens is 1. The molecule has 0 saturated heterocycles. The minimum absolute atomic E-state index is 0.00937. The number of carbonyl (C=O) groups excluding carboxylic acids is 1. The molecule has 5 nitrogen and oxygen atoms in total. The van der Waals surface area contributed by atoms with Crippen LogP contribution in [0.2, 0.25) is 0 Å². The molecule has 0 radical (unpaired) electrons. The van der Waals surface area contributed by atoms with E-state index in [4.69, 9.17) is 4.74 Å². The number of hydrogen-bond donors (Lipinski definition) is 0. The molecule has 0 aliphatic carbocycles. The topological polar surface area (TPSA) is 51.5 Å². The molecule has 0 aliphatic rings. The molecule has 5 heteroatoms. The lowest BCUT2D eigenvalue weighted by atomic mass is 10.1. The second-order valence-corrected chi connectivity index (χ2v) is 7.38. The Morgan fingerprint density at radius 1 is 0.900 bits per heavy atom. The summed E-state index contributed by atoms with van der Waals surface area (Å²) in [6, 6.07) is 22.7. The maximum atomic E-state index is 13.0. The molecule has 0 saturated carbocycles. The van der Waals surface area contributed by atoms with Gasteiger partial charge in [0, 0.05) is 17.8 Å². The van der Waals surface area contributed by atoms with Gasteiger partial charge in [0.1, 0.15) is 18.9 Å². The molecule has 0 aliphatic heterocycles. The minimum atomic E-state index is -0.0395. The van der Waals surface area contributed by atoms with Gasteiger partial charge in [0.25, 0.3) is 0 Å². The molecule has 0 spiro atoms. The van der Waals surface area contributed by atoms with E-state index >= 15 is 0 Å². The normalized spacial score (nSPS) is 11.0. The maximum absolute atomic E-state index is 13.0.